The molecule has 0 aromatic carbocycles. The van der Waals surface area contributed by atoms with E-state index in [1.165, 1.54) is 0 Å². The summed E-state index contributed by atoms with van der Waals surface area (Å²) in [6.45, 7) is 4.28. The Morgan fingerprint density at radius 1 is 1.79 bits per heavy atom. The molecule has 14 heavy (non-hydrogen) atoms. The minimum atomic E-state index is -0.811. The van der Waals surface area contributed by atoms with Gasteiger partial charge in [-0.05, 0) is 13.3 Å². The summed E-state index contributed by atoms with van der Waals surface area (Å²) in [5, 5.41) is 18.4. The Hall–Kier alpha value is -1.36. The molecule has 1 aromatic rings. The van der Waals surface area contributed by atoms with Gasteiger partial charge < -0.3 is 10.4 Å². The molecule has 0 spiro atoms. The van der Waals surface area contributed by atoms with Crippen LogP contribution in [0.15, 0.2) is 6.20 Å². The summed E-state index contributed by atoms with van der Waals surface area (Å²) in [5.41, 5.74) is 1.97. The van der Waals surface area contributed by atoms with E-state index in [9.17, 15) is 4.79 Å². The lowest BCUT2D eigenvalue weighted by atomic mass is 10.2. The van der Waals surface area contributed by atoms with Crippen LogP contribution in [-0.2, 0) is 11.3 Å². The van der Waals surface area contributed by atoms with Crippen molar-refractivity contribution in [2.24, 2.45) is 0 Å². The molecule has 5 nitrogen and oxygen atoms in total. The van der Waals surface area contributed by atoms with Gasteiger partial charge in [0.05, 0.1) is 6.20 Å². The number of nitrogens with zero attached hydrogens (tertiary/aromatic N) is 1. The van der Waals surface area contributed by atoms with E-state index in [1.54, 1.807) is 6.20 Å². The van der Waals surface area contributed by atoms with Crippen molar-refractivity contribution < 1.29 is 9.90 Å². The first-order chi connectivity index (χ1) is 6.65. The molecule has 1 rings (SSSR count). The van der Waals surface area contributed by atoms with E-state index in [-0.39, 0.29) is 0 Å². The first kappa shape index (κ1) is 10.7. The highest BCUT2D eigenvalue weighted by Gasteiger charge is 2.14. The highest BCUT2D eigenvalue weighted by Crippen LogP contribution is 2.02. The van der Waals surface area contributed by atoms with Crippen molar-refractivity contribution in [1.29, 1.82) is 0 Å². The van der Waals surface area contributed by atoms with Crippen LogP contribution in [0.25, 0.3) is 0 Å². The van der Waals surface area contributed by atoms with Crippen LogP contribution in [-0.4, -0.2) is 27.3 Å². The van der Waals surface area contributed by atoms with Gasteiger partial charge in [-0.15, -0.1) is 0 Å². The van der Waals surface area contributed by atoms with Crippen molar-refractivity contribution in [3.05, 3.63) is 17.5 Å². The number of carboxylic acids is 1. The number of carboxylic acid groups (broad SMARTS) is 1. The normalized spacial score (nSPS) is 12.7. The summed E-state index contributed by atoms with van der Waals surface area (Å²) in [6, 6.07) is -0.482. The van der Waals surface area contributed by atoms with Gasteiger partial charge in [0.1, 0.15) is 6.04 Å². The number of aryl methyl sites for hydroxylation is 1. The van der Waals surface area contributed by atoms with E-state index < -0.39 is 12.0 Å². The van der Waals surface area contributed by atoms with Crippen molar-refractivity contribution in [3.8, 4) is 0 Å². The number of hydrogen-bond acceptors (Lipinski definition) is 3. The van der Waals surface area contributed by atoms with Gasteiger partial charge in [-0.1, -0.05) is 6.92 Å². The fourth-order valence-corrected chi connectivity index (χ4v) is 1.19. The summed E-state index contributed by atoms with van der Waals surface area (Å²) in [7, 11) is 0. The number of rotatable bonds is 5. The minimum Gasteiger partial charge on any atom is -0.480 e. The molecule has 0 saturated heterocycles. The maximum absolute atomic E-state index is 10.7. The van der Waals surface area contributed by atoms with Crippen LogP contribution in [0, 0.1) is 6.92 Å². The lowest BCUT2D eigenvalue weighted by Crippen LogP contribution is -2.35. The first-order valence-corrected chi connectivity index (χ1v) is 4.60. The zero-order valence-electron chi connectivity index (χ0n) is 8.37. The van der Waals surface area contributed by atoms with Crippen LogP contribution in [0.4, 0.5) is 0 Å². The quantitative estimate of drug-likeness (QED) is 0.648. The van der Waals surface area contributed by atoms with Gasteiger partial charge in [-0.25, -0.2) is 0 Å². The van der Waals surface area contributed by atoms with E-state index in [0.717, 1.165) is 11.3 Å². The molecule has 0 fully saturated rings. The van der Waals surface area contributed by atoms with Gasteiger partial charge >= 0.3 is 5.97 Å². The molecule has 1 unspecified atom stereocenters. The Balaban J connectivity index is 2.47. The molecule has 0 aliphatic heterocycles. The van der Waals surface area contributed by atoms with Crippen LogP contribution >= 0.6 is 0 Å². The molecular formula is C9H15N3O2. The van der Waals surface area contributed by atoms with Crippen LogP contribution in [0.5, 0.6) is 0 Å². The topological polar surface area (TPSA) is 78.0 Å². The fraction of sp³-hybridized carbons (Fsp3) is 0.556. The molecular weight excluding hydrogens is 182 g/mol. The van der Waals surface area contributed by atoms with Gasteiger partial charge in [0.15, 0.2) is 0 Å². The molecule has 0 radical (unpaired) electrons. The number of hydrogen-bond donors (Lipinski definition) is 3. The SMILES string of the molecule is CCC(NCc1cn[nH]c1C)C(=O)O. The molecule has 0 amide bonds. The Bertz CT molecular complexity index is 309. The number of aromatic amines is 1. The zero-order valence-corrected chi connectivity index (χ0v) is 8.37. The number of aromatic nitrogens is 2. The monoisotopic (exact) mass is 197 g/mol. The van der Waals surface area contributed by atoms with Gasteiger partial charge in [-0.3, -0.25) is 9.89 Å². The summed E-state index contributed by atoms with van der Waals surface area (Å²) < 4.78 is 0. The van der Waals surface area contributed by atoms with Gasteiger partial charge in [-0.2, -0.15) is 5.10 Å². The summed E-state index contributed by atoms with van der Waals surface area (Å²) in [4.78, 5) is 10.7. The molecule has 1 aromatic heterocycles. The van der Waals surface area contributed by atoms with Gasteiger partial charge in [0.2, 0.25) is 0 Å². The van der Waals surface area contributed by atoms with Gasteiger partial charge in [0, 0.05) is 17.8 Å². The van der Waals surface area contributed by atoms with Crippen molar-refractivity contribution >= 4 is 5.97 Å². The first-order valence-electron chi connectivity index (χ1n) is 4.60. The number of nitrogens with one attached hydrogen (secondary N) is 2. The van der Waals surface area contributed by atoms with Crippen molar-refractivity contribution in [2.75, 3.05) is 0 Å². The second-order valence-corrected chi connectivity index (χ2v) is 3.20. The molecule has 3 N–H and O–H groups in total. The Labute approximate surface area is 82.5 Å². The van der Waals surface area contributed by atoms with E-state index in [0.29, 0.717) is 13.0 Å². The summed E-state index contributed by atoms with van der Waals surface area (Å²) >= 11 is 0. The highest BCUT2D eigenvalue weighted by atomic mass is 16.4. The Kier molecular flexibility index (Phi) is 3.64. The number of aliphatic carboxylic acids is 1. The highest BCUT2D eigenvalue weighted by molar-refractivity contribution is 5.73. The molecule has 0 bridgehead atoms. The number of H-pyrrole nitrogens is 1. The van der Waals surface area contributed by atoms with Crippen LogP contribution in [0.1, 0.15) is 24.6 Å². The van der Waals surface area contributed by atoms with E-state index in [1.807, 2.05) is 13.8 Å². The molecule has 0 aliphatic rings. The third kappa shape index (κ3) is 2.56. The van der Waals surface area contributed by atoms with Crippen molar-refractivity contribution in [2.45, 2.75) is 32.9 Å². The number of carbonyl (C=O) groups is 1. The summed E-state index contributed by atoms with van der Waals surface area (Å²) in [6.07, 6.45) is 2.28. The third-order valence-electron chi connectivity index (χ3n) is 2.18. The van der Waals surface area contributed by atoms with Crippen molar-refractivity contribution in [1.82, 2.24) is 15.5 Å². The van der Waals surface area contributed by atoms with E-state index in [4.69, 9.17) is 5.11 Å². The van der Waals surface area contributed by atoms with Crippen LogP contribution in [0.3, 0.4) is 0 Å². The Morgan fingerprint density at radius 3 is 2.93 bits per heavy atom. The predicted octanol–water partition coefficient (Wildman–Crippen LogP) is 0.671. The smallest absolute Gasteiger partial charge is 0.320 e. The minimum absolute atomic E-state index is 0.482. The maximum atomic E-state index is 10.7. The molecule has 78 valence electrons. The zero-order chi connectivity index (χ0) is 10.6. The maximum Gasteiger partial charge on any atom is 0.320 e. The summed E-state index contributed by atoms with van der Waals surface area (Å²) in [5.74, 6) is -0.811. The molecule has 5 heteroatoms. The molecule has 1 heterocycles. The predicted molar refractivity (Wildman–Crippen MR) is 51.9 cm³/mol. The third-order valence-corrected chi connectivity index (χ3v) is 2.18. The van der Waals surface area contributed by atoms with Crippen LogP contribution < -0.4 is 5.32 Å². The van der Waals surface area contributed by atoms with E-state index >= 15 is 0 Å². The largest absolute Gasteiger partial charge is 0.480 e. The lowest BCUT2D eigenvalue weighted by molar-refractivity contribution is -0.139. The Morgan fingerprint density at radius 2 is 2.50 bits per heavy atom. The average molecular weight is 197 g/mol. The van der Waals surface area contributed by atoms with Crippen molar-refractivity contribution in [3.63, 3.8) is 0 Å². The molecule has 0 saturated carbocycles. The average Bonchev–Trinajstić information content (AvgIpc) is 2.52. The second-order valence-electron chi connectivity index (χ2n) is 3.20. The standard InChI is InChI=1S/C9H15N3O2/c1-3-8(9(13)14)10-4-7-5-11-12-6(7)2/h5,8,10H,3-4H2,1-2H3,(H,11,12)(H,13,14). The van der Waals surface area contributed by atoms with E-state index in [2.05, 4.69) is 15.5 Å². The molecule has 0 aliphatic carbocycles. The second kappa shape index (κ2) is 4.76. The lowest BCUT2D eigenvalue weighted by Gasteiger charge is -2.11. The fourth-order valence-electron chi connectivity index (χ4n) is 1.19. The van der Waals surface area contributed by atoms with Crippen LogP contribution in [0.2, 0.25) is 0 Å². The molecule has 1 atom stereocenters. The van der Waals surface area contributed by atoms with Gasteiger partial charge in [0.25, 0.3) is 0 Å².